The van der Waals surface area contributed by atoms with E-state index < -0.39 is 5.91 Å². The van der Waals surface area contributed by atoms with Gasteiger partial charge in [0, 0.05) is 18.0 Å². The molecule has 0 aromatic carbocycles. The number of aromatic nitrogens is 1. The maximum absolute atomic E-state index is 11.4. The molecule has 1 heterocycles. The maximum atomic E-state index is 11.4. The SMILES string of the molecule is Cc1cc(=O)c(C(=O)NCC(N)=S)c[nH]1. The van der Waals surface area contributed by atoms with E-state index in [0.29, 0.717) is 5.69 Å². The van der Waals surface area contributed by atoms with E-state index in [-0.39, 0.29) is 22.5 Å². The number of thiocarbonyl (C=S) groups is 1. The van der Waals surface area contributed by atoms with Gasteiger partial charge >= 0.3 is 0 Å². The molecule has 0 aliphatic carbocycles. The molecular weight excluding hydrogens is 214 g/mol. The fourth-order valence-corrected chi connectivity index (χ4v) is 1.09. The third-order valence-corrected chi connectivity index (χ3v) is 1.87. The average molecular weight is 225 g/mol. The van der Waals surface area contributed by atoms with Gasteiger partial charge in [0.05, 0.1) is 11.5 Å². The highest BCUT2D eigenvalue weighted by Gasteiger charge is 2.09. The molecule has 0 fully saturated rings. The van der Waals surface area contributed by atoms with E-state index in [9.17, 15) is 9.59 Å². The monoisotopic (exact) mass is 225 g/mol. The highest BCUT2D eigenvalue weighted by atomic mass is 32.1. The lowest BCUT2D eigenvalue weighted by molar-refractivity contribution is 0.0958. The van der Waals surface area contributed by atoms with Crippen molar-refractivity contribution in [3.63, 3.8) is 0 Å². The van der Waals surface area contributed by atoms with Crippen LogP contribution in [0, 0.1) is 6.92 Å². The minimum absolute atomic E-state index is 0.0526. The molecule has 0 saturated heterocycles. The first kappa shape index (κ1) is 11.4. The van der Waals surface area contributed by atoms with Gasteiger partial charge < -0.3 is 16.0 Å². The van der Waals surface area contributed by atoms with E-state index in [1.807, 2.05) is 0 Å². The highest BCUT2D eigenvalue weighted by molar-refractivity contribution is 7.80. The number of pyridine rings is 1. The number of nitrogens with one attached hydrogen (secondary N) is 2. The highest BCUT2D eigenvalue weighted by Crippen LogP contribution is 1.91. The predicted octanol–water partition coefficient (Wildman–Crippen LogP) is -0.301. The van der Waals surface area contributed by atoms with E-state index >= 15 is 0 Å². The number of rotatable bonds is 3. The zero-order valence-corrected chi connectivity index (χ0v) is 8.98. The molecule has 1 aromatic heterocycles. The second-order valence-corrected chi connectivity index (χ2v) is 3.57. The Hall–Kier alpha value is -1.69. The number of aromatic amines is 1. The van der Waals surface area contributed by atoms with E-state index in [4.69, 9.17) is 5.73 Å². The summed E-state index contributed by atoms with van der Waals surface area (Å²) in [6, 6.07) is 1.36. The number of carbonyl (C=O) groups is 1. The molecule has 0 unspecified atom stereocenters. The number of hydrogen-bond donors (Lipinski definition) is 3. The quantitative estimate of drug-likeness (QED) is 0.616. The van der Waals surface area contributed by atoms with Gasteiger partial charge in [0.15, 0.2) is 5.43 Å². The van der Waals surface area contributed by atoms with Crippen LogP contribution in [0.5, 0.6) is 0 Å². The van der Waals surface area contributed by atoms with Crippen LogP contribution in [0.4, 0.5) is 0 Å². The molecule has 0 radical (unpaired) electrons. The summed E-state index contributed by atoms with van der Waals surface area (Å²) in [7, 11) is 0. The first-order valence-electron chi connectivity index (χ1n) is 4.26. The average Bonchev–Trinajstić information content (AvgIpc) is 2.14. The molecule has 0 aliphatic heterocycles. The summed E-state index contributed by atoms with van der Waals surface area (Å²) in [4.78, 5) is 25.8. The van der Waals surface area contributed by atoms with Gasteiger partial charge in [-0.15, -0.1) is 0 Å². The predicted molar refractivity (Wildman–Crippen MR) is 60.9 cm³/mol. The van der Waals surface area contributed by atoms with Crippen molar-refractivity contribution in [1.29, 1.82) is 0 Å². The van der Waals surface area contributed by atoms with Crippen LogP contribution in [0.15, 0.2) is 17.1 Å². The third kappa shape index (κ3) is 3.17. The zero-order chi connectivity index (χ0) is 11.4. The molecule has 6 heteroatoms. The Morgan fingerprint density at radius 3 is 2.87 bits per heavy atom. The molecule has 0 atom stereocenters. The maximum Gasteiger partial charge on any atom is 0.257 e. The van der Waals surface area contributed by atoms with Gasteiger partial charge in [-0.1, -0.05) is 12.2 Å². The third-order valence-electron chi connectivity index (χ3n) is 1.73. The Balaban J connectivity index is 2.83. The molecule has 0 spiro atoms. The summed E-state index contributed by atoms with van der Waals surface area (Å²) in [6.45, 7) is 1.82. The number of aryl methyl sites for hydroxylation is 1. The Labute approximate surface area is 91.7 Å². The van der Waals surface area contributed by atoms with Crippen LogP contribution >= 0.6 is 12.2 Å². The van der Waals surface area contributed by atoms with Crippen molar-refractivity contribution in [2.45, 2.75) is 6.92 Å². The summed E-state index contributed by atoms with van der Waals surface area (Å²) < 4.78 is 0. The standard InChI is InChI=1S/C9H11N3O2S/c1-5-2-7(13)6(3-11-5)9(14)12-4-8(10)15/h2-3H,4H2,1H3,(H2,10,15)(H,11,13)(H,12,14). The van der Waals surface area contributed by atoms with Gasteiger partial charge in [0.1, 0.15) is 5.56 Å². The minimum atomic E-state index is -0.482. The molecule has 1 aromatic rings. The van der Waals surface area contributed by atoms with Gasteiger partial charge in [-0.05, 0) is 6.92 Å². The van der Waals surface area contributed by atoms with Crippen molar-refractivity contribution in [3.05, 3.63) is 33.7 Å². The fraction of sp³-hybridized carbons (Fsp3) is 0.222. The van der Waals surface area contributed by atoms with Crippen LogP contribution in [-0.2, 0) is 0 Å². The molecular formula is C9H11N3O2S. The number of hydrogen-bond acceptors (Lipinski definition) is 3. The molecule has 0 saturated carbocycles. The van der Waals surface area contributed by atoms with Crippen LogP contribution in [0.3, 0.4) is 0 Å². The van der Waals surface area contributed by atoms with Crippen LogP contribution in [0.2, 0.25) is 0 Å². The smallest absolute Gasteiger partial charge is 0.257 e. The lowest BCUT2D eigenvalue weighted by atomic mass is 10.2. The normalized spacial score (nSPS) is 9.67. The van der Waals surface area contributed by atoms with E-state index in [1.54, 1.807) is 6.92 Å². The van der Waals surface area contributed by atoms with Gasteiger partial charge in [0.25, 0.3) is 5.91 Å². The second-order valence-electron chi connectivity index (χ2n) is 3.04. The molecule has 1 rings (SSSR count). The summed E-state index contributed by atoms with van der Waals surface area (Å²) >= 11 is 4.59. The summed E-state index contributed by atoms with van der Waals surface area (Å²) in [6.07, 6.45) is 1.37. The van der Waals surface area contributed by atoms with Crippen molar-refractivity contribution in [2.24, 2.45) is 5.73 Å². The summed E-state index contributed by atoms with van der Waals surface area (Å²) in [5.41, 5.74) is 5.64. The van der Waals surface area contributed by atoms with Crippen molar-refractivity contribution in [1.82, 2.24) is 10.3 Å². The lowest BCUT2D eigenvalue weighted by Crippen LogP contribution is -2.34. The molecule has 0 aliphatic rings. The van der Waals surface area contributed by atoms with Crippen LogP contribution in [0.25, 0.3) is 0 Å². The first-order valence-corrected chi connectivity index (χ1v) is 4.67. The topological polar surface area (TPSA) is 88.0 Å². The molecule has 4 N–H and O–H groups in total. The van der Waals surface area contributed by atoms with Crippen LogP contribution < -0.4 is 16.5 Å². The van der Waals surface area contributed by atoms with Crippen molar-refractivity contribution >= 4 is 23.1 Å². The summed E-state index contributed by atoms with van der Waals surface area (Å²) in [5, 5.41) is 2.43. The molecule has 15 heavy (non-hydrogen) atoms. The minimum Gasteiger partial charge on any atom is -0.392 e. The largest absolute Gasteiger partial charge is 0.392 e. The zero-order valence-electron chi connectivity index (χ0n) is 8.16. The Morgan fingerprint density at radius 1 is 1.67 bits per heavy atom. The van der Waals surface area contributed by atoms with Crippen molar-refractivity contribution in [3.8, 4) is 0 Å². The van der Waals surface area contributed by atoms with E-state index in [0.717, 1.165) is 0 Å². The Kier molecular flexibility index (Phi) is 3.56. The van der Waals surface area contributed by atoms with Crippen molar-refractivity contribution < 1.29 is 4.79 Å². The number of amides is 1. The van der Waals surface area contributed by atoms with Crippen LogP contribution in [-0.4, -0.2) is 22.4 Å². The fourth-order valence-electron chi connectivity index (χ4n) is 1.01. The van der Waals surface area contributed by atoms with Crippen LogP contribution in [0.1, 0.15) is 16.1 Å². The number of carbonyl (C=O) groups excluding carboxylic acids is 1. The number of H-pyrrole nitrogens is 1. The molecule has 5 nitrogen and oxygen atoms in total. The molecule has 0 bridgehead atoms. The van der Waals surface area contributed by atoms with E-state index in [1.165, 1.54) is 12.3 Å². The van der Waals surface area contributed by atoms with Gasteiger partial charge in [-0.2, -0.15) is 0 Å². The number of nitrogens with two attached hydrogens (primary N) is 1. The van der Waals surface area contributed by atoms with E-state index in [2.05, 4.69) is 22.5 Å². The Morgan fingerprint density at radius 2 is 2.33 bits per heavy atom. The van der Waals surface area contributed by atoms with Gasteiger partial charge in [0.2, 0.25) is 0 Å². The second kappa shape index (κ2) is 4.70. The molecule has 80 valence electrons. The molecule has 1 amide bonds. The first-order chi connectivity index (χ1) is 7.00. The Bertz CT molecular complexity index is 453. The lowest BCUT2D eigenvalue weighted by Gasteiger charge is -2.03. The van der Waals surface area contributed by atoms with Gasteiger partial charge in [-0.3, -0.25) is 9.59 Å². The van der Waals surface area contributed by atoms with Gasteiger partial charge in [-0.25, -0.2) is 0 Å². The summed E-state index contributed by atoms with van der Waals surface area (Å²) in [5.74, 6) is -0.482. The van der Waals surface area contributed by atoms with Crippen molar-refractivity contribution in [2.75, 3.05) is 6.54 Å².